The molecule has 0 aromatic heterocycles. The van der Waals surface area contributed by atoms with Crippen LogP contribution in [-0.2, 0) is 4.79 Å². The molecule has 0 saturated carbocycles. The van der Waals surface area contributed by atoms with E-state index in [9.17, 15) is 15.1 Å². The molecule has 0 aromatic carbocycles. The normalized spacial score (nSPS) is 23.4. The number of unbranched alkanes of at least 4 members (excludes halogenated alkanes) is 4. The maximum Gasteiger partial charge on any atom is 0.306 e. The number of carboxylic acid groups (broad SMARTS) is 1. The van der Waals surface area contributed by atoms with Gasteiger partial charge in [-0.25, -0.2) is 0 Å². The second kappa shape index (κ2) is 7.78. The first-order chi connectivity index (χ1) is 10.1. The molecule has 2 N–H and O–H groups in total. The van der Waals surface area contributed by atoms with Crippen LogP contribution in [0.15, 0.2) is 0 Å². The molecule has 1 unspecified atom stereocenters. The van der Waals surface area contributed by atoms with Gasteiger partial charge in [0, 0.05) is 11.1 Å². The molecule has 0 spiro atoms. The summed E-state index contributed by atoms with van der Waals surface area (Å²) in [7, 11) is 0. The van der Waals surface area contributed by atoms with Crippen molar-refractivity contribution in [1.82, 2.24) is 5.06 Å². The SMILES string of the molecule is CCCCCCCC(C(=O)O)C1CC(C)(C)N(O)C(C)(C)C1. The molecule has 0 aliphatic carbocycles. The maximum atomic E-state index is 11.7. The van der Waals surface area contributed by atoms with Crippen molar-refractivity contribution in [3.63, 3.8) is 0 Å². The first-order valence-electron chi connectivity index (χ1n) is 8.84. The quantitative estimate of drug-likeness (QED) is 0.637. The zero-order chi connectivity index (χ0) is 17.0. The minimum atomic E-state index is -0.668. The van der Waals surface area contributed by atoms with Crippen LogP contribution in [0.4, 0.5) is 0 Å². The van der Waals surface area contributed by atoms with E-state index in [1.54, 1.807) is 0 Å². The molecule has 0 aromatic rings. The Morgan fingerprint density at radius 2 is 1.59 bits per heavy atom. The molecule has 1 rings (SSSR count). The molecule has 0 bridgehead atoms. The molecule has 0 radical (unpaired) electrons. The van der Waals surface area contributed by atoms with Crippen molar-refractivity contribution in [2.45, 2.75) is 97.1 Å². The summed E-state index contributed by atoms with van der Waals surface area (Å²) in [5.74, 6) is -0.815. The van der Waals surface area contributed by atoms with Gasteiger partial charge in [0.1, 0.15) is 0 Å². The van der Waals surface area contributed by atoms with Gasteiger partial charge in [-0.2, -0.15) is 5.06 Å². The summed E-state index contributed by atoms with van der Waals surface area (Å²) in [5, 5.41) is 21.4. The zero-order valence-corrected chi connectivity index (χ0v) is 15.1. The van der Waals surface area contributed by atoms with Crippen LogP contribution >= 0.6 is 0 Å². The lowest BCUT2D eigenvalue weighted by Crippen LogP contribution is -2.60. The number of hydrogen-bond donors (Lipinski definition) is 2. The van der Waals surface area contributed by atoms with E-state index in [0.717, 1.165) is 32.1 Å². The Bertz CT molecular complexity index is 347. The van der Waals surface area contributed by atoms with Crippen LogP contribution in [0.25, 0.3) is 0 Å². The molecule has 1 heterocycles. The number of hydrogen-bond acceptors (Lipinski definition) is 3. The lowest BCUT2D eigenvalue weighted by Gasteiger charge is -2.52. The molecule has 1 saturated heterocycles. The molecule has 1 aliphatic rings. The van der Waals surface area contributed by atoms with E-state index in [-0.39, 0.29) is 22.9 Å². The number of carbonyl (C=O) groups is 1. The highest BCUT2D eigenvalue weighted by Crippen LogP contribution is 2.44. The summed E-state index contributed by atoms with van der Waals surface area (Å²) in [6.07, 6.45) is 8.01. The number of carboxylic acids is 1. The summed E-state index contributed by atoms with van der Waals surface area (Å²) >= 11 is 0. The zero-order valence-electron chi connectivity index (χ0n) is 15.1. The molecular weight excluding hydrogens is 278 g/mol. The van der Waals surface area contributed by atoms with E-state index >= 15 is 0 Å². The second-order valence-electron chi connectivity index (χ2n) is 8.25. The highest BCUT2D eigenvalue weighted by molar-refractivity contribution is 5.70. The van der Waals surface area contributed by atoms with Crippen LogP contribution in [0.1, 0.15) is 86.0 Å². The van der Waals surface area contributed by atoms with Gasteiger partial charge in [-0.15, -0.1) is 0 Å². The molecule has 4 heteroatoms. The van der Waals surface area contributed by atoms with E-state index in [4.69, 9.17) is 0 Å². The monoisotopic (exact) mass is 313 g/mol. The smallest absolute Gasteiger partial charge is 0.306 e. The molecule has 1 fully saturated rings. The van der Waals surface area contributed by atoms with Gasteiger partial charge < -0.3 is 10.3 Å². The largest absolute Gasteiger partial charge is 0.481 e. The van der Waals surface area contributed by atoms with Crippen LogP contribution in [0.5, 0.6) is 0 Å². The van der Waals surface area contributed by atoms with E-state index in [1.807, 2.05) is 27.7 Å². The third-order valence-electron chi connectivity index (χ3n) is 5.18. The van der Waals surface area contributed by atoms with Gasteiger partial charge in [0.2, 0.25) is 0 Å². The Kier molecular flexibility index (Phi) is 6.87. The number of hydroxylamine groups is 2. The second-order valence-corrected chi connectivity index (χ2v) is 8.25. The van der Waals surface area contributed by atoms with E-state index < -0.39 is 5.97 Å². The van der Waals surface area contributed by atoms with Crippen molar-refractivity contribution < 1.29 is 15.1 Å². The van der Waals surface area contributed by atoms with Crippen LogP contribution in [0.2, 0.25) is 0 Å². The van der Waals surface area contributed by atoms with Crippen molar-refractivity contribution >= 4 is 5.97 Å². The van der Waals surface area contributed by atoms with Crippen LogP contribution in [0, 0.1) is 11.8 Å². The summed E-state index contributed by atoms with van der Waals surface area (Å²) < 4.78 is 0. The van der Waals surface area contributed by atoms with E-state index in [1.165, 1.54) is 24.3 Å². The summed E-state index contributed by atoms with van der Waals surface area (Å²) in [6, 6.07) is 0. The van der Waals surface area contributed by atoms with Gasteiger partial charge >= 0.3 is 5.97 Å². The lowest BCUT2D eigenvalue weighted by molar-refractivity contribution is -0.254. The number of rotatable bonds is 8. The fraction of sp³-hybridized carbons (Fsp3) is 0.944. The fourth-order valence-electron chi connectivity index (χ4n) is 4.16. The average Bonchev–Trinajstić information content (AvgIpc) is 2.39. The summed E-state index contributed by atoms with van der Waals surface area (Å²) in [6.45, 7) is 10.2. The average molecular weight is 313 g/mol. The van der Waals surface area contributed by atoms with Gasteiger partial charge in [-0.05, 0) is 52.9 Å². The Balaban J connectivity index is 2.69. The summed E-state index contributed by atoms with van der Waals surface area (Å²) in [4.78, 5) is 11.7. The van der Waals surface area contributed by atoms with Gasteiger partial charge in [0.05, 0.1) is 5.92 Å². The van der Waals surface area contributed by atoms with Crippen molar-refractivity contribution in [2.75, 3.05) is 0 Å². The third kappa shape index (κ3) is 4.95. The Hall–Kier alpha value is -0.610. The van der Waals surface area contributed by atoms with Gasteiger partial charge in [0.25, 0.3) is 0 Å². The van der Waals surface area contributed by atoms with Crippen molar-refractivity contribution in [3.8, 4) is 0 Å². The predicted octanol–water partition coefficient (Wildman–Crippen LogP) is 4.71. The molecular formula is C18H35NO3. The first kappa shape index (κ1) is 19.4. The number of piperidine rings is 1. The Labute approximate surface area is 135 Å². The van der Waals surface area contributed by atoms with Gasteiger partial charge in [0.15, 0.2) is 0 Å². The Morgan fingerprint density at radius 1 is 1.09 bits per heavy atom. The predicted molar refractivity (Wildman–Crippen MR) is 89.0 cm³/mol. The molecule has 4 nitrogen and oxygen atoms in total. The Morgan fingerprint density at radius 3 is 2.05 bits per heavy atom. The molecule has 0 amide bonds. The molecule has 22 heavy (non-hydrogen) atoms. The molecule has 1 atom stereocenters. The minimum absolute atomic E-state index is 0.136. The number of nitrogens with zero attached hydrogens (tertiary/aromatic N) is 1. The minimum Gasteiger partial charge on any atom is -0.481 e. The molecule has 1 aliphatic heterocycles. The highest BCUT2D eigenvalue weighted by Gasteiger charge is 2.48. The van der Waals surface area contributed by atoms with Crippen LogP contribution in [0.3, 0.4) is 0 Å². The number of aliphatic carboxylic acids is 1. The third-order valence-corrected chi connectivity index (χ3v) is 5.18. The molecule has 130 valence electrons. The van der Waals surface area contributed by atoms with E-state index in [2.05, 4.69) is 6.92 Å². The fourth-order valence-corrected chi connectivity index (χ4v) is 4.16. The topological polar surface area (TPSA) is 60.8 Å². The van der Waals surface area contributed by atoms with Crippen molar-refractivity contribution in [3.05, 3.63) is 0 Å². The highest BCUT2D eigenvalue weighted by atomic mass is 16.5. The van der Waals surface area contributed by atoms with Gasteiger partial charge in [-0.3, -0.25) is 4.79 Å². The van der Waals surface area contributed by atoms with E-state index in [0.29, 0.717) is 0 Å². The van der Waals surface area contributed by atoms with Crippen molar-refractivity contribution in [2.24, 2.45) is 11.8 Å². The standard InChI is InChI=1S/C18H35NO3/c1-6-7-8-9-10-11-15(16(20)21)14-12-17(2,3)19(22)18(4,5)13-14/h14-15,22H,6-13H2,1-5H3,(H,20,21). The lowest BCUT2D eigenvalue weighted by atomic mass is 9.69. The first-order valence-corrected chi connectivity index (χ1v) is 8.84. The maximum absolute atomic E-state index is 11.7. The summed E-state index contributed by atoms with van der Waals surface area (Å²) in [5.41, 5.74) is -0.745. The van der Waals surface area contributed by atoms with Crippen LogP contribution < -0.4 is 0 Å². The van der Waals surface area contributed by atoms with Gasteiger partial charge in [-0.1, -0.05) is 39.0 Å². The van der Waals surface area contributed by atoms with Crippen LogP contribution in [-0.4, -0.2) is 32.4 Å². The van der Waals surface area contributed by atoms with Crippen molar-refractivity contribution in [1.29, 1.82) is 0 Å².